The molecule has 0 aromatic heterocycles. The van der Waals surface area contributed by atoms with Crippen molar-refractivity contribution in [1.29, 1.82) is 0 Å². The van der Waals surface area contributed by atoms with Gasteiger partial charge in [-0.1, -0.05) is 0 Å². The topological polar surface area (TPSA) is 139 Å². The highest BCUT2D eigenvalue weighted by molar-refractivity contribution is 5.99. The van der Waals surface area contributed by atoms with Crippen LogP contribution in [0.15, 0.2) is 18.2 Å². The third kappa shape index (κ3) is 4.21. The van der Waals surface area contributed by atoms with Crippen molar-refractivity contribution in [2.75, 3.05) is 18.5 Å². The van der Waals surface area contributed by atoms with E-state index in [4.69, 9.17) is 5.84 Å². The summed E-state index contributed by atoms with van der Waals surface area (Å²) < 4.78 is 0. The third-order valence-corrected chi connectivity index (χ3v) is 2.39. The van der Waals surface area contributed by atoms with E-state index in [9.17, 15) is 19.7 Å². The number of nitro groups is 1. The SMILES string of the molecule is CC(=O)NCCNC(=O)c1cc(NN)ccc1[N+](=O)[O-]. The van der Waals surface area contributed by atoms with E-state index >= 15 is 0 Å². The lowest BCUT2D eigenvalue weighted by Gasteiger charge is -2.08. The van der Waals surface area contributed by atoms with Crippen LogP contribution in [0, 0.1) is 10.1 Å². The fraction of sp³-hybridized carbons (Fsp3) is 0.273. The van der Waals surface area contributed by atoms with Crippen molar-refractivity contribution in [3.05, 3.63) is 33.9 Å². The van der Waals surface area contributed by atoms with Crippen molar-refractivity contribution < 1.29 is 14.5 Å². The highest BCUT2D eigenvalue weighted by atomic mass is 16.6. The molecule has 0 saturated carbocycles. The molecular weight excluding hydrogens is 266 g/mol. The Labute approximate surface area is 114 Å². The van der Waals surface area contributed by atoms with Crippen molar-refractivity contribution in [2.24, 2.45) is 5.84 Å². The summed E-state index contributed by atoms with van der Waals surface area (Å²) in [7, 11) is 0. The first kappa shape index (κ1) is 15.4. The van der Waals surface area contributed by atoms with Gasteiger partial charge in [-0.2, -0.15) is 0 Å². The number of hydrogen-bond donors (Lipinski definition) is 4. The second-order valence-electron chi connectivity index (χ2n) is 3.87. The van der Waals surface area contributed by atoms with E-state index in [1.54, 1.807) is 0 Å². The van der Waals surface area contributed by atoms with Crippen LogP contribution in [0.4, 0.5) is 11.4 Å². The summed E-state index contributed by atoms with van der Waals surface area (Å²) in [6, 6.07) is 3.87. The van der Waals surface area contributed by atoms with Crippen LogP contribution in [-0.2, 0) is 4.79 Å². The van der Waals surface area contributed by atoms with Crippen LogP contribution in [0.2, 0.25) is 0 Å². The summed E-state index contributed by atoms with van der Waals surface area (Å²) in [5, 5.41) is 15.8. The zero-order chi connectivity index (χ0) is 15.1. The van der Waals surface area contributed by atoms with Crippen molar-refractivity contribution in [3.8, 4) is 0 Å². The van der Waals surface area contributed by atoms with Crippen molar-refractivity contribution in [3.63, 3.8) is 0 Å². The van der Waals surface area contributed by atoms with Crippen molar-refractivity contribution >= 4 is 23.2 Å². The lowest BCUT2D eigenvalue weighted by Crippen LogP contribution is -2.33. The lowest BCUT2D eigenvalue weighted by molar-refractivity contribution is -0.385. The highest BCUT2D eigenvalue weighted by Crippen LogP contribution is 2.22. The second-order valence-corrected chi connectivity index (χ2v) is 3.87. The first-order valence-corrected chi connectivity index (χ1v) is 5.73. The molecule has 1 aromatic rings. The average Bonchev–Trinajstić information content (AvgIpc) is 2.42. The Hall–Kier alpha value is -2.68. The van der Waals surface area contributed by atoms with E-state index in [0.717, 1.165) is 0 Å². The maximum Gasteiger partial charge on any atom is 0.282 e. The third-order valence-electron chi connectivity index (χ3n) is 2.39. The number of carbonyl (C=O) groups is 2. The van der Waals surface area contributed by atoms with Gasteiger partial charge in [-0.15, -0.1) is 0 Å². The molecule has 5 N–H and O–H groups in total. The molecule has 0 atom stereocenters. The van der Waals surface area contributed by atoms with E-state index in [0.29, 0.717) is 5.69 Å². The Morgan fingerprint density at radius 3 is 2.50 bits per heavy atom. The summed E-state index contributed by atoms with van der Waals surface area (Å²) >= 11 is 0. The summed E-state index contributed by atoms with van der Waals surface area (Å²) in [6.07, 6.45) is 0. The quantitative estimate of drug-likeness (QED) is 0.245. The van der Waals surface area contributed by atoms with Gasteiger partial charge in [0.1, 0.15) is 5.56 Å². The smallest absolute Gasteiger partial charge is 0.282 e. The number of nitro benzene ring substituents is 1. The zero-order valence-corrected chi connectivity index (χ0v) is 10.8. The first-order chi connectivity index (χ1) is 9.45. The molecule has 0 saturated heterocycles. The predicted octanol–water partition coefficient (Wildman–Crippen LogP) is -0.254. The number of nitrogens with zero attached hydrogens (tertiary/aromatic N) is 1. The van der Waals surface area contributed by atoms with Gasteiger partial charge in [0.25, 0.3) is 11.6 Å². The van der Waals surface area contributed by atoms with Crippen LogP contribution in [-0.4, -0.2) is 29.8 Å². The number of hydrazine groups is 1. The number of nitrogens with two attached hydrogens (primary N) is 1. The normalized spacial score (nSPS) is 9.70. The Balaban J connectivity index is 2.79. The highest BCUT2D eigenvalue weighted by Gasteiger charge is 2.20. The Kier molecular flexibility index (Phi) is 5.42. The van der Waals surface area contributed by atoms with E-state index in [1.165, 1.54) is 25.1 Å². The average molecular weight is 281 g/mol. The van der Waals surface area contributed by atoms with E-state index in [-0.39, 0.29) is 30.2 Å². The molecule has 0 heterocycles. The van der Waals surface area contributed by atoms with Gasteiger partial charge in [-0.25, -0.2) is 0 Å². The molecule has 9 heteroatoms. The summed E-state index contributed by atoms with van der Waals surface area (Å²) in [5.41, 5.74) is 2.27. The molecule has 0 fully saturated rings. The Morgan fingerprint density at radius 2 is 1.95 bits per heavy atom. The van der Waals surface area contributed by atoms with Crippen LogP contribution in [0.3, 0.4) is 0 Å². The lowest BCUT2D eigenvalue weighted by atomic mass is 10.1. The van der Waals surface area contributed by atoms with Gasteiger partial charge < -0.3 is 16.1 Å². The van der Waals surface area contributed by atoms with Gasteiger partial charge in [0.05, 0.1) is 4.92 Å². The predicted molar refractivity (Wildman–Crippen MR) is 71.9 cm³/mol. The van der Waals surface area contributed by atoms with Crippen LogP contribution >= 0.6 is 0 Å². The van der Waals surface area contributed by atoms with Gasteiger partial charge in [0, 0.05) is 31.8 Å². The van der Waals surface area contributed by atoms with Crippen LogP contribution in [0.1, 0.15) is 17.3 Å². The number of nitrogen functional groups attached to an aromatic ring is 1. The van der Waals surface area contributed by atoms with Gasteiger partial charge in [0.2, 0.25) is 5.91 Å². The molecule has 0 radical (unpaired) electrons. The van der Waals surface area contributed by atoms with Crippen LogP contribution in [0.5, 0.6) is 0 Å². The molecule has 0 spiro atoms. The largest absolute Gasteiger partial charge is 0.355 e. The number of amides is 2. The number of benzene rings is 1. The van der Waals surface area contributed by atoms with Gasteiger partial charge >= 0.3 is 0 Å². The van der Waals surface area contributed by atoms with Crippen LogP contribution in [0.25, 0.3) is 0 Å². The van der Waals surface area contributed by atoms with E-state index < -0.39 is 10.8 Å². The maximum absolute atomic E-state index is 11.9. The molecule has 1 aromatic carbocycles. The van der Waals surface area contributed by atoms with Gasteiger partial charge in [0.15, 0.2) is 0 Å². The number of nitrogens with one attached hydrogen (secondary N) is 3. The molecule has 0 unspecified atom stereocenters. The Bertz CT molecular complexity index is 532. The molecule has 0 aliphatic heterocycles. The molecular formula is C11H15N5O4. The fourth-order valence-electron chi connectivity index (χ4n) is 1.48. The standard InChI is InChI=1S/C11H15N5O4/c1-7(17)13-4-5-14-11(18)9-6-8(15-12)2-3-10(9)16(19)20/h2-3,6,15H,4-5,12H2,1H3,(H,13,17)(H,14,18). The maximum atomic E-state index is 11.9. The molecule has 0 aliphatic rings. The first-order valence-electron chi connectivity index (χ1n) is 5.73. The van der Waals surface area contributed by atoms with E-state index in [1.807, 2.05) is 0 Å². The number of rotatable bonds is 6. The summed E-state index contributed by atoms with van der Waals surface area (Å²) in [4.78, 5) is 32.7. The molecule has 108 valence electrons. The van der Waals surface area contributed by atoms with E-state index in [2.05, 4.69) is 16.1 Å². The molecule has 20 heavy (non-hydrogen) atoms. The number of anilines is 1. The molecule has 0 bridgehead atoms. The monoisotopic (exact) mass is 281 g/mol. The van der Waals surface area contributed by atoms with Gasteiger partial charge in [-0.05, 0) is 12.1 Å². The number of carbonyl (C=O) groups excluding carboxylic acids is 2. The van der Waals surface area contributed by atoms with Crippen LogP contribution < -0.4 is 21.9 Å². The Morgan fingerprint density at radius 1 is 1.30 bits per heavy atom. The summed E-state index contributed by atoms with van der Waals surface area (Å²) in [5.74, 6) is 4.37. The number of hydrogen-bond acceptors (Lipinski definition) is 6. The molecule has 2 amide bonds. The second kappa shape index (κ2) is 7.04. The zero-order valence-electron chi connectivity index (χ0n) is 10.8. The molecule has 1 rings (SSSR count). The fourth-order valence-corrected chi connectivity index (χ4v) is 1.48. The summed E-state index contributed by atoms with van der Waals surface area (Å²) in [6.45, 7) is 1.75. The minimum Gasteiger partial charge on any atom is -0.355 e. The van der Waals surface area contributed by atoms with Gasteiger partial charge in [-0.3, -0.25) is 25.5 Å². The molecule has 0 aliphatic carbocycles. The van der Waals surface area contributed by atoms with Crippen molar-refractivity contribution in [1.82, 2.24) is 10.6 Å². The molecule has 9 nitrogen and oxygen atoms in total. The minimum atomic E-state index is -0.650. The minimum absolute atomic E-state index is 0.103. The van der Waals surface area contributed by atoms with Crippen molar-refractivity contribution in [2.45, 2.75) is 6.92 Å².